The summed E-state index contributed by atoms with van der Waals surface area (Å²) in [5.74, 6) is 1.46. The van der Waals surface area contributed by atoms with E-state index < -0.39 is 0 Å². The zero-order valence-corrected chi connectivity index (χ0v) is 15.6. The van der Waals surface area contributed by atoms with Gasteiger partial charge in [0.05, 0.1) is 5.75 Å². The highest BCUT2D eigenvalue weighted by Crippen LogP contribution is 2.24. The van der Waals surface area contributed by atoms with Crippen molar-refractivity contribution in [2.45, 2.75) is 24.9 Å². The standard InChI is InChI=1S/C18H24N6OS/c1-12-6-8-24(9-7-12)14-4-2-13(3-5-14)21-17(25)11-26-18-22-15(19)10-16(20)23-18/h2-5,10,12H,6-9,11H2,1H3,(H,21,25)(H4,19,20,22,23). The smallest absolute Gasteiger partial charge is 0.234 e. The largest absolute Gasteiger partial charge is 0.383 e. The van der Waals surface area contributed by atoms with Crippen molar-refractivity contribution in [2.24, 2.45) is 5.92 Å². The molecule has 0 unspecified atom stereocenters. The molecular weight excluding hydrogens is 348 g/mol. The fraction of sp³-hybridized carbons (Fsp3) is 0.389. The van der Waals surface area contributed by atoms with Gasteiger partial charge in [-0.25, -0.2) is 9.97 Å². The first-order chi connectivity index (χ1) is 12.5. The van der Waals surface area contributed by atoms with Crippen molar-refractivity contribution < 1.29 is 4.79 Å². The third kappa shape index (κ3) is 5.01. The number of amides is 1. The van der Waals surface area contributed by atoms with Crippen molar-refractivity contribution in [3.63, 3.8) is 0 Å². The Morgan fingerprint density at radius 1 is 1.19 bits per heavy atom. The number of rotatable bonds is 5. The number of benzene rings is 1. The van der Waals surface area contributed by atoms with E-state index in [-0.39, 0.29) is 11.7 Å². The molecule has 2 aromatic rings. The quantitative estimate of drug-likeness (QED) is 0.546. The molecule has 3 rings (SSSR count). The Labute approximate surface area is 157 Å². The van der Waals surface area contributed by atoms with E-state index in [1.54, 1.807) is 0 Å². The second kappa shape index (κ2) is 8.27. The number of piperidine rings is 1. The molecule has 0 radical (unpaired) electrons. The average Bonchev–Trinajstić information content (AvgIpc) is 2.61. The topological polar surface area (TPSA) is 110 Å². The molecule has 2 heterocycles. The molecule has 7 nitrogen and oxygen atoms in total. The van der Waals surface area contributed by atoms with Crippen molar-refractivity contribution >= 4 is 40.7 Å². The van der Waals surface area contributed by atoms with Crippen molar-refractivity contribution in [3.8, 4) is 0 Å². The lowest BCUT2D eigenvalue weighted by atomic mass is 9.99. The molecule has 1 fully saturated rings. The van der Waals surface area contributed by atoms with E-state index in [9.17, 15) is 4.79 Å². The van der Waals surface area contributed by atoms with Crippen LogP contribution in [0.3, 0.4) is 0 Å². The lowest BCUT2D eigenvalue weighted by molar-refractivity contribution is -0.113. The van der Waals surface area contributed by atoms with E-state index >= 15 is 0 Å². The van der Waals surface area contributed by atoms with Gasteiger partial charge in [0.1, 0.15) is 11.6 Å². The molecule has 0 aliphatic carbocycles. The van der Waals surface area contributed by atoms with Gasteiger partial charge < -0.3 is 21.7 Å². The highest BCUT2D eigenvalue weighted by Gasteiger charge is 2.16. The molecule has 5 N–H and O–H groups in total. The minimum Gasteiger partial charge on any atom is -0.383 e. The molecule has 0 atom stereocenters. The first kappa shape index (κ1) is 18.3. The van der Waals surface area contributed by atoms with Crippen LogP contribution in [0.5, 0.6) is 0 Å². The van der Waals surface area contributed by atoms with Crippen LogP contribution < -0.4 is 21.7 Å². The van der Waals surface area contributed by atoms with Crippen LogP contribution in [0.2, 0.25) is 0 Å². The van der Waals surface area contributed by atoms with E-state index in [2.05, 4.69) is 39.2 Å². The third-order valence-electron chi connectivity index (χ3n) is 4.38. The number of anilines is 4. The summed E-state index contributed by atoms with van der Waals surface area (Å²) in [6.07, 6.45) is 2.46. The molecule has 138 valence electrons. The number of hydrogen-bond donors (Lipinski definition) is 3. The maximum atomic E-state index is 12.1. The van der Waals surface area contributed by atoms with Crippen LogP contribution in [-0.2, 0) is 4.79 Å². The Balaban J connectivity index is 1.51. The molecule has 0 spiro atoms. The first-order valence-electron chi connectivity index (χ1n) is 8.67. The van der Waals surface area contributed by atoms with Crippen molar-refractivity contribution in [3.05, 3.63) is 30.3 Å². The summed E-state index contributed by atoms with van der Waals surface area (Å²) < 4.78 is 0. The van der Waals surface area contributed by atoms with E-state index in [4.69, 9.17) is 11.5 Å². The zero-order chi connectivity index (χ0) is 18.5. The number of nitrogens with zero attached hydrogens (tertiary/aromatic N) is 3. The average molecular weight is 372 g/mol. The van der Waals surface area contributed by atoms with Gasteiger partial charge in [-0.05, 0) is 43.0 Å². The lowest BCUT2D eigenvalue weighted by Crippen LogP contribution is -2.32. The number of nitrogen functional groups attached to an aromatic ring is 2. The van der Waals surface area contributed by atoms with Gasteiger partial charge >= 0.3 is 0 Å². The first-order valence-corrected chi connectivity index (χ1v) is 9.66. The number of thioether (sulfide) groups is 1. The summed E-state index contributed by atoms with van der Waals surface area (Å²) in [7, 11) is 0. The number of hydrogen-bond acceptors (Lipinski definition) is 7. The Morgan fingerprint density at radius 2 is 1.81 bits per heavy atom. The van der Waals surface area contributed by atoms with E-state index in [0.717, 1.165) is 24.7 Å². The van der Waals surface area contributed by atoms with Crippen molar-refractivity contribution in [1.29, 1.82) is 0 Å². The van der Waals surface area contributed by atoms with Gasteiger partial charge in [0, 0.05) is 30.5 Å². The lowest BCUT2D eigenvalue weighted by Gasteiger charge is -2.32. The zero-order valence-electron chi connectivity index (χ0n) is 14.8. The van der Waals surface area contributed by atoms with Crippen LogP contribution in [-0.4, -0.2) is 34.7 Å². The number of carbonyl (C=O) groups is 1. The Bertz CT molecular complexity index is 739. The summed E-state index contributed by atoms with van der Waals surface area (Å²) in [4.78, 5) is 22.6. The van der Waals surface area contributed by atoms with Crippen LogP contribution >= 0.6 is 11.8 Å². The van der Waals surface area contributed by atoms with E-state index in [1.165, 1.54) is 36.4 Å². The van der Waals surface area contributed by atoms with Crippen molar-refractivity contribution in [2.75, 3.05) is 40.5 Å². The van der Waals surface area contributed by atoms with Gasteiger partial charge in [-0.15, -0.1) is 0 Å². The summed E-state index contributed by atoms with van der Waals surface area (Å²) in [5.41, 5.74) is 13.2. The van der Waals surface area contributed by atoms with Gasteiger partial charge in [0.15, 0.2) is 5.16 Å². The predicted octanol–water partition coefficient (Wildman–Crippen LogP) is 2.61. The Morgan fingerprint density at radius 3 is 2.42 bits per heavy atom. The summed E-state index contributed by atoms with van der Waals surface area (Å²) >= 11 is 1.20. The monoisotopic (exact) mass is 372 g/mol. The SMILES string of the molecule is CC1CCN(c2ccc(NC(=O)CSc3nc(N)cc(N)n3)cc2)CC1. The number of nitrogens with two attached hydrogens (primary N) is 2. The molecule has 1 aromatic heterocycles. The highest BCUT2D eigenvalue weighted by atomic mass is 32.2. The Hall–Kier alpha value is -2.48. The fourth-order valence-electron chi connectivity index (χ4n) is 2.88. The van der Waals surface area contributed by atoms with Gasteiger partial charge in [-0.1, -0.05) is 18.7 Å². The maximum Gasteiger partial charge on any atom is 0.234 e. The molecule has 1 aromatic carbocycles. The minimum atomic E-state index is -0.126. The molecule has 1 amide bonds. The predicted molar refractivity (Wildman–Crippen MR) is 107 cm³/mol. The minimum absolute atomic E-state index is 0.126. The number of carbonyl (C=O) groups excluding carboxylic acids is 1. The Kier molecular flexibility index (Phi) is 5.82. The van der Waals surface area contributed by atoms with Crippen molar-refractivity contribution in [1.82, 2.24) is 9.97 Å². The molecule has 0 saturated carbocycles. The van der Waals surface area contributed by atoms with Crippen LogP contribution in [0.25, 0.3) is 0 Å². The summed E-state index contributed by atoms with van der Waals surface area (Å²) in [6, 6.07) is 9.46. The van der Waals surface area contributed by atoms with Gasteiger partial charge in [0.25, 0.3) is 0 Å². The molecule has 26 heavy (non-hydrogen) atoms. The summed E-state index contributed by atoms with van der Waals surface area (Å²) in [5, 5.41) is 3.28. The molecule has 8 heteroatoms. The molecule has 1 aliphatic heterocycles. The molecule has 1 saturated heterocycles. The van der Waals surface area contributed by atoms with Gasteiger partial charge in [-0.3, -0.25) is 4.79 Å². The van der Waals surface area contributed by atoms with Gasteiger partial charge in [0.2, 0.25) is 5.91 Å². The fourth-order valence-corrected chi connectivity index (χ4v) is 3.55. The normalized spacial score (nSPS) is 15.0. The molecule has 1 aliphatic rings. The van der Waals surface area contributed by atoms with Gasteiger partial charge in [-0.2, -0.15) is 0 Å². The highest BCUT2D eigenvalue weighted by molar-refractivity contribution is 7.99. The summed E-state index contributed by atoms with van der Waals surface area (Å²) in [6.45, 7) is 4.48. The van der Waals surface area contributed by atoms with Crippen LogP contribution in [0.4, 0.5) is 23.0 Å². The van der Waals surface area contributed by atoms with E-state index in [0.29, 0.717) is 16.8 Å². The van der Waals surface area contributed by atoms with Crippen LogP contribution in [0.1, 0.15) is 19.8 Å². The second-order valence-corrected chi connectivity index (χ2v) is 7.50. The molecule has 0 bridgehead atoms. The number of aromatic nitrogens is 2. The number of nitrogens with one attached hydrogen (secondary N) is 1. The van der Waals surface area contributed by atoms with E-state index in [1.807, 2.05) is 12.1 Å². The van der Waals surface area contributed by atoms with Crippen LogP contribution in [0, 0.1) is 5.92 Å². The maximum absolute atomic E-state index is 12.1. The second-order valence-electron chi connectivity index (χ2n) is 6.55. The molecular formula is C18H24N6OS. The third-order valence-corrected chi connectivity index (χ3v) is 5.22. The van der Waals surface area contributed by atoms with Crippen LogP contribution in [0.15, 0.2) is 35.5 Å².